The highest BCUT2D eigenvalue weighted by molar-refractivity contribution is 5.77. The number of carbonyl (C=O) groups is 3. The Hall–Kier alpha value is -1.71. The molecule has 0 heterocycles. The lowest BCUT2D eigenvalue weighted by atomic mass is 9.68. The smallest absolute Gasteiger partial charge is 0.324 e. The molecule has 0 spiro atoms. The lowest BCUT2D eigenvalue weighted by Crippen LogP contribution is -2.49. The Kier molecular flexibility index (Phi) is 10.6. The summed E-state index contributed by atoms with van der Waals surface area (Å²) in [6, 6.07) is -0.809. The lowest BCUT2D eigenvalue weighted by Gasteiger charge is -2.39. The summed E-state index contributed by atoms with van der Waals surface area (Å²) >= 11 is 0. The first kappa shape index (κ1) is 26.3. The van der Waals surface area contributed by atoms with Gasteiger partial charge in [-0.3, -0.25) is 20.2 Å². The van der Waals surface area contributed by atoms with Crippen molar-refractivity contribution in [2.45, 2.75) is 59.9 Å². The minimum Gasteiger partial charge on any atom is -0.481 e. The fourth-order valence-electron chi connectivity index (χ4n) is 2.91. The molecular formula is C19H36N2O7. The number of hydrazine groups is 1. The number of hydrogen-bond donors (Lipinski definition) is 3. The second kappa shape index (κ2) is 11.3. The largest absolute Gasteiger partial charge is 0.481 e. The summed E-state index contributed by atoms with van der Waals surface area (Å²) in [6.07, 6.45) is 0.438. The van der Waals surface area contributed by atoms with Crippen LogP contribution in [0.1, 0.15) is 53.9 Å². The van der Waals surface area contributed by atoms with Crippen LogP contribution in [-0.4, -0.2) is 66.0 Å². The van der Waals surface area contributed by atoms with Crippen molar-refractivity contribution in [1.29, 1.82) is 0 Å². The molecule has 0 aliphatic carbocycles. The number of esters is 2. The monoisotopic (exact) mass is 404 g/mol. The van der Waals surface area contributed by atoms with Crippen molar-refractivity contribution < 1.29 is 34.1 Å². The molecule has 9 heteroatoms. The number of aliphatic hydroxyl groups excluding tert-OH is 1. The Labute approximate surface area is 167 Å². The number of nitrogens with zero attached hydrogens (tertiary/aromatic N) is 1. The number of carboxylic acid groups (broad SMARTS) is 1. The third-order valence-electron chi connectivity index (χ3n) is 4.42. The van der Waals surface area contributed by atoms with Gasteiger partial charge in [-0.2, -0.15) is 0 Å². The first-order chi connectivity index (χ1) is 12.7. The van der Waals surface area contributed by atoms with Crippen LogP contribution in [0.4, 0.5) is 0 Å². The zero-order chi connectivity index (χ0) is 22.1. The molecule has 0 saturated carbocycles. The van der Waals surface area contributed by atoms with E-state index in [-0.39, 0.29) is 38.1 Å². The van der Waals surface area contributed by atoms with E-state index in [9.17, 15) is 14.4 Å². The van der Waals surface area contributed by atoms with Crippen LogP contribution in [0.3, 0.4) is 0 Å². The highest BCUT2D eigenvalue weighted by atomic mass is 16.5. The molecule has 2 atom stereocenters. The number of ether oxygens (including phenoxy) is 2. The van der Waals surface area contributed by atoms with Gasteiger partial charge in [-0.05, 0) is 23.7 Å². The van der Waals surface area contributed by atoms with Crippen molar-refractivity contribution in [3.63, 3.8) is 0 Å². The van der Waals surface area contributed by atoms with E-state index in [0.717, 1.165) is 0 Å². The van der Waals surface area contributed by atoms with Gasteiger partial charge in [0.05, 0.1) is 18.9 Å². The minimum absolute atomic E-state index is 0.133. The Morgan fingerprint density at radius 3 is 1.96 bits per heavy atom. The average molecular weight is 405 g/mol. The van der Waals surface area contributed by atoms with E-state index in [1.807, 2.05) is 34.6 Å². The topological polar surface area (TPSA) is 139 Å². The van der Waals surface area contributed by atoms with E-state index in [0.29, 0.717) is 6.42 Å². The van der Waals surface area contributed by atoms with Gasteiger partial charge in [0.25, 0.3) is 0 Å². The zero-order valence-electron chi connectivity index (χ0n) is 17.9. The van der Waals surface area contributed by atoms with Crippen LogP contribution < -0.4 is 5.84 Å². The third kappa shape index (κ3) is 10.0. The summed E-state index contributed by atoms with van der Waals surface area (Å²) in [6.45, 7) is 9.03. The second-order valence-corrected chi connectivity index (χ2v) is 8.89. The van der Waals surface area contributed by atoms with E-state index in [2.05, 4.69) is 0 Å². The molecule has 28 heavy (non-hydrogen) atoms. The van der Waals surface area contributed by atoms with Gasteiger partial charge in [0.2, 0.25) is 0 Å². The standard InChI is InChI=1S/C19H36N2O7/c1-18(2,3)11-13(16(25)27-9-7-15(23)24)19(4,5)12-14(21(6)20)17(26)28-10-8-22/h13-14,22H,7-12,20H2,1-6H3,(H,23,24). The predicted octanol–water partition coefficient (Wildman–Crippen LogP) is 1.18. The maximum absolute atomic E-state index is 12.7. The molecule has 2 unspecified atom stereocenters. The molecule has 9 nitrogen and oxygen atoms in total. The van der Waals surface area contributed by atoms with Crippen molar-refractivity contribution in [2.75, 3.05) is 26.9 Å². The summed E-state index contributed by atoms with van der Waals surface area (Å²) in [4.78, 5) is 35.7. The van der Waals surface area contributed by atoms with Crippen LogP contribution in [0.15, 0.2) is 0 Å². The van der Waals surface area contributed by atoms with Crippen molar-refractivity contribution in [3.8, 4) is 0 Å². The Bertz CT molecular complexity index is 527. The van der Waals surface area contributed by atoms with Crippen molar-refractivity contribution in [1.82, 2.24) is 5.01 Å². The van der Waals surface area contributed by atoms with Crippen LogP contribution in [-0.2, 0) is 23.9 Å². The number of aliphatic hydroxyl groups is 1. The zero-order valence-corrected chi connectivity index (χ0v) is 17.9. The summed E-state index contributed by atoms with van der Waals surface area (Å²) in [5, 5.41) is 18.8. The number of aliphatic carboxylic acids is 1. The first-order valence-electron chi connectivity index (χ1n) is 9.34. The van der Waals surface area contributed by atoms with Gasteiger partial charge in [0.15, 0.2) is 0 Å². The van der Waals surface area contributed by atoms with Gasteiger partial charge in [0, 0.05) is 7.05 Å². The second-order valence-electron chi connectivity index (χ2n) is 8.89. The number of likely N-dealkylation sites (N-methyl/N-ethyl adjacent to an activating group) is 1. The van der Waals surface area contributed by atoms with Gasteiger partial charge in [0.1, 0.15) is 19.3 Å². The van der Waals surface area contributed by atoms with Gasteiger partial charge in [-0.15, -0.1) is 0 Å². The van der Waals surface area contributed by atoms with Crippen LogP contribution in [0.5, 0.6) is 0 Å². The molecule has 164 valence electrons. The fourth-order valence-corrected chi connectivity index (χ4v) is 2.91. The maximum Gasteiger partial charge on any atom is 0.324 e. The molecule has 0 rings (SSSR count). The number of hydrogen-bond acceptors (Lipinski definition) is 8. The molecule has 0 aromatic carbocycles. The van der Waals surface area contributed by atoms with Gasteiger partial charge in [-0.1, -0.05) is 34.6 Å². The Balaban J connectivity index is 5.47. The van der Waals surface area contributed by atoms with Crippen molar-refractivity contribution in [2.24, 2.45) is 22.6 Å². The van der Waals surface area contributed by atoms with Gasteiger partial charge < -0.3 is 19.7 Å². The lowest BCUT2D eigenvalue weighted by molar-refractivity contribution is -0.160. The molecule has 0 radical (unpaired) electrons. The average Bonchev–Trinajstić information content (AvgIpc) is 2.53. The summed E-state index contributed by atoms with van der Waals surface area (Å²) < 4.78 is 10.2. The highest BCUT2D eigenvalue weighted by Gasteiger charge is 2.42. The van der Waals surface area contributed by atoms with Crippen LogP contribution in [0.2, 0.25) is 0 Å². The summed E-state index contributed by atoms with van der Waals surface area (Å²) in [5.41, 5.74) is -0.890. The molecular weight excluding hydrogens is 368 g/mol. The Morgan fingerprint density at radius 2 is 1.54 bits per heavy atom. The molecule has 0 bridgehead atoms. The van der Waals surface area contributed by atoms with E-state index in [1.54, 1.807) is 0 Å². The molecule has 0 fully saturated rings. The number of nitrogens with two attached hydrogens (primary N) is 1. The third-order valence-corrected chi connectivity index (χ3v) is 4.42. The van der Waals surface area contributed by atoms with E-state index < -0.39 is 35.3 Å². The number of rotatable bonds is 12. The Morgan fingerprint density at radius 1 is 1.00 bits per heavy atom. The van der Waals surface area contributed by atoms with Crippen molar-refractivity contribution >= 4 is 17.9 Å². The van der Waals surface area contributed by atoms with Crippen LogP contribution in [0.25, 0.3) is 0 Å². The first-order valence-corrected chi connectivity index (χ1v) is 9.34. The van der Waals surface area contributed by atoms with E-state index in [4.69, 9.17) is 25.5 Å². The maximum atomic E-state index is 12.7. The number of carbonyl (C=O) groups excluding carboxylic acids is 2. The van der Waals surface area contributed by atoms with E-state index in [1.165, 1.54) is 12.1 Å². The van der Waals surface area contributed by atoms with Crippen LogP contribution >= 0.6 is 0 Å². The van der Waals surface area contributed by atoms with Gasteiger partial charge >= 0.3 is 17.9 Å². The van der Waals surface area contributed by atoms with Crippen molar-refractivity contribution in [3.05, 3.63) is 0 Å². The normalized spacial score (nSPS) is 14.5. The summed E-state index contributed by atoms with van der Waals surface area (Å²) in [7, 11) is 1.53. The molecule has 0 amide bonds. The van der Waals surface area contributed by atoms with Gasteiger partial charge in [-0.25, -0.2) is 5.01 Å². The molecule has 0 aliphatic rings. The molecule has 4 N–H and O–H groups in total. The summed E-state index contributed by atoms with van der Waals surface area (Å²) in [5.74, 6) is 3.12. The fraction of sp³-hybridized carbons (Fsp3) is 0.842. The SMILES string of the molecule is CN(N)C(CC(C)(C)C(CC(C)(C)C)C(=O)OCCC(=O)O)C(=O)OCCO. The molecule has 0 aromatic rings. The quantitative estimate of drug-likeness (QED) is 0.248. The minimum atomic E-state index is -1.05. The molecule has 0 aliphatic heterocycles. The highest BCUT2D eigenvalue weighted by Crippen LogP contribution is 2.41. The number of carboxylic acids is 1. The van der Waals surface area contributed by atoms with E-state index >= 15 is 0 Å². The molecule has 0 saturated heterocycles. The van der Waals surface area contributed by atoms with Crippen LogP contribution in [0, 0.1) is 16.7 Å². The molecule has 0 aromatic heterocycles. The predicted molar refractivity (Wildman–Crippen MR) is 103 cm³/mol.